The van der Waals surface area contributed by atoms with Crippen LogP contribution < -0.4 is 5.73 Å². The van der Waals surface area contributed by atoms with Crippen molar-refractivity contribution in [3.8, 4) is 0 Å². The minimum atomic E-state index is -0.493. The van der Waals surface area contributed by atoms with Gasteiger partial charge in [-0.25, -0.2) is 0 Å². The molecule has 3 nitrogen and oxygen atoms in total. The van der Waals surface area contributed by atoms with Gasteiger partial charge in [0, 0.05) is 13.6 Å². The highest BCUT2D eigenvalue weighted by Crippen LogP contribution is 2.33. The van der Waals surface area contributed by atoms with Gasteiger partial charge in [0.05, 0.1) is 5.54 Å². The fourth-order valence-electron chi connectivity index (χ4n) is 1.57. The predicted octanol–water partition coefficient (Wildman–Crippen LogP) is 1.37. The first kappa shape index (κ1) is 11.5. The Kier molecular flexibility index (Phi) is 3.53. The van der Waals surface area contributed by atoms with E-state index in [1.54, 1.807) is 4.90 Å². The number of nitrogens with zero attached hydrogens (tertiary/aromatic N) is 1. The molecule has 1 fully saturated rings. The number of hydrogen-bond acceptors (Lipinski definition) is 2. The molecule has 3 heteroatoms. The van der Waals surface area contributed by atoms with Crippen molar-refractivity contribution in [2.24, 2.45) is 11.7 Å². The number of rotatable bonds is 5. The molecule has 1 aliphatic carbocycles. The highest BCUT2D eigenvalue weighted by molar-refractivity contribution is 5.88. The second-order valence-corrected chi connectivity index (χ2v) is 4.92. The van der Waals surface area contributed by atoms with Crippen molar-refractivity contribution in [2.45, 2.75) is 45.1 Å². The van der Waals surface area contributed by atoms with Gasteiger partial charge >= 0.3 is 0 Å². The molecule has 0 aromatic rings. The molecule has 0 bridgehead atoms. The van der Waals surface area contributed by atoms with Crippen LogP contribution >= 0.6 is 0 Å². The fraction of sp³-hybridized carbons (Fsp3) is 0.909. The molecule has 0 aliphatic heterocycles. The van der Waals surface area contributed by atoms with E-state index in [4.69, 9.17) is 5.73 Å². The summed E-state index contributed by atoms with van der Waals surface area (Å²) in [6.07, 6.45) is 3.98. The highest BCUT2D eigenvalue weighted by atomic mass is 16.2. The predicted molar refractivity (Wildman–Crippen MR) is 57.9 cm³/mol. The topological polar surface area (TPSA) is 46.3 Å². The molecule has 0 atom stereocenters. The molecule has 0 unspecified atom stereocenters. The SMILES string of the molecule is CC(C)CCCN(C)C(=O)C1(N)CC1. The summed E-state index contributed by atoms with van der Waals surface area (Å²) in [6.45, 7) is 5.25. The van der Waals surface area contributed by atoms with Crippen LogP contribution in [0.4, 0.5) is 0 Å². The van der Waals surface area contributed by atoms with Crippen LogP contribution in [0.2, 0.25) is 0 Å². The monoisotopic (exact) mass is 198 g/mol. The van der Waals surface area contributed by atoms with Gasteiger partial charge in [-0.2, -0.15) is 0 Å². The van der Waals surface area contributed by atoms with Crippen LogP contribution in [-0.2, 0) is 4.79 Å². The van der Waals surface area contributed by atoms with Gasteiger partial charge in [-0.15, -0.1) is 0 Å². The molecule has 1 saturated carbocycles. The average Bonchev–Trinajstić information content (AvgIpc) is 2.83. The Morgan fingerprint density at radius 2 is 2.07 bits per heavy atom. The Balaban J connectivity index is 2.21. The molecule has 14 heavy (non-hydrogen) atoms. The van der Waals surface area contributed by atoms with Crippen LogP contribution in [0.5, 0.6) is 0 Å². The quantitative estimate of drug-likeness (QED) is 0.725. The van der Waals surface area contributed by atoms with E-state index in [0.29, 0.717) is 5.92 Å². The molecular weight excluding hydrogens is 176 g/mol. The zero-order valence-corrected chi connectivity index (χ0v) is 9.55. The number of amides is 1. The lowest BCUT2D eigenvalue weighted by atomic mass is 10.1. The van der Waals surface area contributed by atoms with Crippen LogP contribution in [0.1, 0.15) is 39.5 Å². The van der Waals surface area contributed by atoms with Crippen molar-refractivity contribution < 1.29 is 4.79 Å². The summed E-state index contributed by atoms with van der Waals surface area (Å²) >= 11 is 0. The smallest absolute Gasteiger partial charge is 0.242 e. The molecule has 0 aromatic carbocycles. The molecule has 1 rings (SSSR count). The number of carbonyl (C=O) groups is 1. The van der Waals surface area contributed by atoms with Crippen molar-refractivity contribution in [3.63, 3.8) is 0 Å². The largest absolute Gasteiger partial charge is 0.344 e. The Labute approximate surface area is 86.6 Å². The van der Waals surface area contributed by atoms with E-state index in [0.717, 1.165) is 25.8 Å². The van der Waals surface area contributed by atoms with E-state index in [-0.39, 0.29) is 5.91 Å². The Hall–Kier alpha value is -0.570. The normalized spacial score (nSPS) is 18.4. The molecule has 2 N–H and O–H groups in total. The third kappa shape index (κ3) is 2.98. The van der Waals surface area contributed by atoms with E-state index in [1.807, 2.05) is 7.05 Å². The van der Waals surface area contributed by atoms with Crippen LogP contribution in [0, 0.1) is 5.92 Å². The van der Waals surface area contributed by atoms with Gasteiger partial charge in [0.25, 0.3) is 0 Å². The van der Waals surface area contributed by atoms with Crippen molar-refractivity contribution in [2.75, 3.05) is 13.6 Å². The summed E-state index contributed by atoms with van der Waals surface area (Å²) in [5.74, 6) is 0.840. The maximum atomic E-state index is 11.7. The zero-order valence-electron chi connectivity index (χ0n) is 9.55. The lowest BCUT2D eigenvalue weighted by Gasteiger charge is -2.21. The highest BCUT2D eigenvalue weighted by Gasteiger charge is 2.47. The van der Waals surface area contributed by atoms with Gasteiger partial charge in [0.2, 0.25) is 5.91 Å². The standard InChI is InChI=1S/C11H22N2O/c1-9(2)5-4-8-13(3)10(14)11(12)6-7-11/h9H,4-8,12H2,1-3H3. The first-order chi connectivity index (χ1) is 6.46. The molecule has 1 aliphatic rings. The summed E-state index contributed by atoms with van der Waals surface area (Å²) in [4.78, 5) is 13.5. The van der Waals surface area contributed by atoms with Gasteiger partial charge in [-0.1, -0.05) is 13.8 Å². The molecule has 0 heterocycles. The van der Waals surface area contributed by atoms with Crippen LogP contribution in [0.25, 0.3) is 0 Å². The number of hydrogen-bond donors (Lipinski definition) is 1. The maximum absolute atomic E-state index is 11.7. The number of nitrogens with two attached hydrogens (primary N) is 1. The molecule has 0 aromatic heterocycles. The van der Waals surface area contributed by atoms with Crippen LogP contribution in [-0.4, -0.2) is 29.9 Å². The molecule has 0 saturated heterocycles. The number of likely N-dealkylation sites (N-methyl/N-ethyl adjacent to an activating group) is 1. The minimum absolute atomic E-state index is 0.126. The second kappa shape index (κ2) is 4.30. The average molecular weight is 198 g/mol. The molecule has 0 spiro atoms. The van der Waals surface area contributed by atoms with E-state index in [2.05, 4.69) is 13.8 Å². The van der Waals surface area contributed by atoms with Crippen LogP contribution in [0.15, 0.2) is 0 Å². The molecular formula is C11H22N2O. The van der Waals surface area contributed by atoms with Crippen LogP contribution in [0.3, 0.4) is 0 Å². The third-order valence-electron chi connectivity index (χ3n) is 2.84. The summed E-state index contributed by atoms with van der Waals surface area (Å²) in [5.41, 5.74) is 5.34. The summed E-state index contributed by atoms with van der Waals surface area (Å²) in [7, 11) is 1.86. The van der Waals surface area contributed by atoms with Gasteiger partial charge in [-0.05, 0) is 31.6 Å². The van der Waals surface area contributed by atoms with Gasteiger partial charge < -0.3 is 10.6 Å². The third-order valence-corrected chi connectivity index (χ3v) is 2.84. The van der Waals surface area contributed by atoms with E-state index >= 15 is 0 Å². The molecule has 1 amide bonds. The van der Waals surface area contributed by atoms with Gasteiger partial charge in [0.1, 0.15) is 0 Å². The van der Waals surface area contributed by atoms with Crippen molar-refractivity contribution in [1.82, 2.24) is 4.90 Å². The van der Waals surface area contributed by atoms with E-state index in [9.17, 15) is 4.79 Å². The summed E-state index contributed by atoms with van der Waals surface area (Å²) < 4.78 is 0. The first-order valence-electron chi connectivity index (χ1n) is 5.50. The van der Waals surface area contributed by atoms with E-state index in [1.165, 1.54) is 6.42 Å². The number of carbonyl (C=O) groups excluding carboxylic acids is 1. The first-order valence-corrected chi connectivity index (χ1v) is 5.50. The minimum Gasteiger partial charge on any atom is -0.344 e. The summed E-state index contributed by atoms with van der Waals surface area (Å²) in [6, 6.07) is 0. The Bertz CT molecular complexity index is 209. The maximum Gasteiger partial charge on any atom is 0.242 e. The fourth-order valence-corrected chi connectivity index (χ4v) is 1.57. The lowest BCUT2D eigenvalue weighted by Crippen LogP contribution is -2.44. The van der Waals surface area contributed by atoms with Gasteiger partial charge in [0.15, 0.2) is 0 Å². The van der Waals surface area contributed by atoms with Crippen molar-refractivity contribution >= 4 is 5.91 Å². The van der Waals surface area contributed by atoms with Gasteiger partial charge in [-0.3, -0.25) is 4.79 Å². The van der Waals surface area contributed by atoms with Crippen molar-refractivity contribution in [3.05, 3.63) is 0 Å². The second-order valence-electron chi connectivity index (χ2n) is 4.92. The summed E-state index contributed by atoms with van der Waals surface area (Å²) in [5, 5.41) is 0. The molecule has 0 radical (unpaired) electrons. The zero-order chi connectivity index (χ0) is 10.8. The Morgan fingerprint density at radius 1 is 1.50 bits per heavy atom. The molecule has 82 valence electrons. The Morgan fingerprint density at radius 3 is 2.50 bits per heavy atom. The van der Waals surface area contributed by atoms with Crippen molar-refractivity contribution in [1.29, 1.82) is 0 Å². The lowest BCUT2D eigenvalue weighted by molar-refractivity contribution is -0.132. The van der Waals surface area contributed by atoms with E-state index < -0.39 is 5.54 Å².